The van der Waals surface area contributed by atoms with E-state index in [2.05, 4.69) is 4.98 Å². The summed E-state index contributed by atoms with van der Waals surface area (Å²) in [5, 5.41) is 12.1. The maximum absolute atomic E-state index is 12.8. The van der Waals surface area contributed by atoms with E-state index < -0.39 is 11.9 Å². The van der Waals surface area contributed by atoms with Crippen molar-refractivity contribution in [3.63, 3.8) is 0 Å². The van der Waals surface area contributed by atoms with Crippen LogP contribution in [0.5, 0.6) is 0 Å². The van der Waals surface area contributed by atoms with E-state index in [-0.39, 0.29) is 18.4 Å². The molecular formula is C16H18N2O3S2. The number of rotatable bonds is 3. The summed E-state index contributed by atoms with van der Waals surface area (Å²) in [7, 11) is 0. The molecule has 0 saturated carbocycles. The molecule has 122 valence electrons. The molecule has 1 saturated heterocycles. The molecular weight excluding hydrogens is 332 g/mol. The molecule has 23 heavy (non-hydrogen) atoms. The zero-order valence-corrected chi connectivity index (χ0v) is 14.6. The van der Waals surface area contributed by atoms with Crippen LogP contribution >= 0.6 is 22.7 Å². The highest BCUT2D eigenvalue weighted by atomic mass is 32.1. The van der Waals surface area contributed by atoms with Gasteiger partial charge in [-0.1, -0.05) is 13.0 Å². The number of thiophene rings is 1. The molecule has 5 nitrogen and oxygen atoms in total. The number of carbonyl (C=O) groups is 2. The zero-order valence-electron chi connectivity index (χ0n) is 13.0. The molecule has 1 N–H and O–H groups in total. The Bertz CT molecular complexity index is 724. The van der Waals surface area contributed by atoms with E-state index in [9.17, 15) is 14.7 Å². The predicted octanol–water partition coefficient (Wildman–Crippen LogP) is 3.36. The molecule has 7 heteroatoms. The summed E-state index contributed by atoms with van der Waals surface area (Å²) in [6.07, 6.45) is 0.626. The average Bonchev–Trinajstić information content (AvgIpc) is 3.15. The van der Waals surface area contributed by atoms with Gasteiger partial charge in [0.1, 0.15) is 9.88 Å². The molecule has 2 aromatic rings. The quantitative estimate of drug-likeness (QED) is 0.921. The zero-order chi connectivity index (χ0) is 16.6. The number of amides is 1. The van der Waals surface area contributed by atoms with Crippen LogP contribution in [0.4, 0.5) is 0 Å². The number of aryl methyl sites for hydroxylation is 1. The Hall–Kier alpha value is -1.73. The molecule has 3 rings (SSSR count). The van der Waals surface area contributed by atoms with E-state index in [1.54, 1.807) is 16.2 Å². The monoisotopic (exact) mass is 350 g/mol. The number of carbonyl (C=O) groups excluding carboxylic acids is 1. The molecule has 3 heterocycles. The molecule has 2 unspecified atom stereocenters. The van der Waals surface area contributed by atoms with Crippen LogP contribution in [-0.4, -0.2) is 40.0 Å². The minimum Gasteiger partial charge on any atom is -0.481 e. The molecule has 2 aromatic heterocycles. The lowest BCUT2D eigenvalue weighted by molar-refractivity contribution is -0.143. The normalized spacial score (nSPS) is 21.4. The van der Waals surface area contributed by atoms with Crippen LogP contribution < -0.4 is 0 Å². The third-order valence-corrected chi connectivity index (χ3v) is 6.20. The fraction of sp³-hybridized carbons (Fsp3) is 0.438. The van der Waals surface area contributed by atoms with Crippen LogP contribution in [0, 0.1) is 18.8 Å². The van der Waals surface area contributed by atoms with Crippen LogP contribution in [-0.2, 0) is 4.79 Å². The van der Waals surface area contributed by atoms with E-state index >= 15 is 0 Å². The maximum Gasteiger partial charge on any atom is 0.308 e. The number of hydrogen-bond donors (Lipinski definition) is 1. The van der Waals surface area contributed by atoms with Crippen LogP contribution in [0.2, 0.25) is 0 Å². The molecule has 0 aliphatic carbocycles. The van der Waals surface area contributed by atoms with E-state index in [4.69, 9.17) is 0 Å². The molecule has 0 spiro atoms. The maximum atomic E-state index is 12.8. The van der Waals surface area contributed by atoms with Gasteiger partial charge in [-0.05, 0) is 30.7 Å². The summed E-state index contributed by atoms with van der Waals surface area (Å²) in [5.74, 6) is -1.21. The van der Waals surface area contributed by atoms with E-state index in [0.29, 0.717) is 23.5 Å². The molecule has 0 aromatic carbocycles. The Labute approximate surface area is 142 Å². The van der Waals surface area contributed by atoms with Crippen molar-refractivity contribution < 1.29 is 14.7 Å². The lowest BCUT2D eigenvalue weighted by Crippen LogP contribution is -2.45. The van der Waals surface area contributed by atoms with Gasteiger partial charge in [0.15, 0.2) is 0 Å². The fourth-order valence-corrected chi connectivity index (χ4v) is 4.77. The van der Waals surface area contributed by atoms with Gasteiger partial charge in [-0.2, -0.15) is 0 Å². The van der Waals surface area contributed by atoms with E-state index in [0.717, 1.165) is 9.88 Å². The predicted molar refractivity (Wildman–Crippen MR) is 91.0 cm³/mol. The number of thiazole rings is 1. The van der Waals surface area contributed by atoms with Gasteiger partial charge >= 0.3 is 5.97 Å². The average molecular weight is 350 g/mol. The molecule has 1 amide bonds. The van der Waals surface area contributed by atoms with Crippen molar-refractivity contribution in [3.05, 3.63) is 28.1 Å². The highest BCUT2D eigenvalue weighted by Gasteiger charge is 2.33. The molecule has 0 bridgehead atoms. The minimum atomic E-state index is -0.824. The van der Waals surface area contributed by atoms with Gasteiger partial charge in [0.2, 0.25) is 0 Å². The summed E-state index contributed by atoms with van der Waals surface area (Å²) < 4.78 is 0. The Morgan fingerprint density at radius 2 is 2.17 bits per heavy atom. The largest absolute Gasteiger partial charge is 0.481 e. The highest BCUT2D eigenvalue weighted by Crippen LogP contribution is 2.32. The second kappa shape index (κ2) is 6.41. The Kier molecular flexibility index (Phi) is 4.50. The number of aromatic nitrogens is 1. The number of piperidine rings is 1. The number of nitrogens with zero attached hydrogens (tertiary/aromatic N) is 2. The Morgan fingerprint density at radius 3 is 2.83 bits per heavy atom. The molecule has 1 aliphatic heterocycles. The van der Waals surface area contributed by atoms with Crippen LogP contribution in [0.25, 0.3) is 9.88 Å². The van der Waals surface area contributed by atoms with Crippen LogP contribution in [0.3, 0.4) is 0 Å². The summed E-state index contributed by atoms with van der Waals surface area (Å²) in [5.41, 5.74) is 0.716. The highest BCUT2D eigenvalue weighted by molar-refractivity contribution is 7.22. The third-order valence-electron chi connectivity index (χ3n) is 4.02. The summed E-state index contributed by atoms with van der Waals surface area (Å²) in [4.78, 5) is 32.0. The lowest BCUT2D eigenvalue weighted by Gasteiger charge is -2.34. The molecule has 1 fully saturated rings. The first-order valence-corrected chi connectivity index (χ1v) is 9.18. The van der Waals surface area contributed by atoms with Crippen molar-refractivity contribution >= 4 is 34.6 Å². The topological polar surface area (TPSA) is 70.5 Å². The number of aliphatic carboxylic acids is 1. The Morgan fingerprint density at radius 1 is 1.39 bits per heavy atom. The van der Waals surface area contributed by atoms with Gasteiger partial charge in [0.05, 0.1) is 16.5 Å². The Balaban J connectivity index is 1.84. The third kappa shape index (κ3) is 3.30. The van der Waals surface area contributed by atoms with Gasteiger partial charge in [0.25, 0.3) is 5.91 Å². The van der Waals surface area contributed by atoms with E-state index in [1.165, 1.54) is 11.3 Å². The van der Waals surface area contributed by atoms with Gasteiger partial charge < -0.3 is 10.0 Å². The van der Waals surface area contributed by atoms with Crippen LogP contribution in [0.1, 0.15) is 28.7 Å². The van der Waals surface area contributed by atoms with Crippen molar-refractivity contribution in [2.45, 2.75) is 20.3 Å². The first-order chi connectivity index (χ1) is 11.0. The number of carboxylic acids is 1. The molecule has 2 atom stereocenters. The van der Waals surface area contributed by atoms with E-state index in [1.807, 2.05) is 31.4 Å². The number of carboxylic acid groups (broad SMARTS) is 1. The lowest BCUT2D eigenvalue weighted by atomic mass is 9.90. The van der Waals surface area contributed by atoms with Gasteiger partial charge in [0, 0.05) is 13.1 Å². The molecule has 0 radical (unpaired) electrons. The van der Waals surface area contributed by atoms with Gasteiger partial charge in [-0.15, -0.1) is 22.7 Å². The standard InChI is InChI=1S/C16H18N2O3S2/c1-9-6-11(16(20)21)8-18(7-9)15(19)13-10(2)17-14(23-13)12-4-3-5-22-12/h3-5,9,11H,6-8H2,1-2H3,(H,20,21). The first-order valence-electron chi connectivity index (χ1n) is 7.49. The first kappa shape index (κ1) is 16.1. The minimum absolute atomic E-state index is 0.0967. The van der Waals surface area contributed by atoms with Gasteiger partial charge in [-0.25, -0.2) is 4.98 Å². The van der Waals surface area contributed by atoms with Crippen molar-refractivity contribution in [3.8, 4) is 9.88 Å². The van der Waals surface area contributed by atoms with Crippen LogP contribution in [0.15, 0.2) is 17.5 Å². The second-order valence-corrected chi connectivity index (χ2v) is 7.94. The van der Waals surface area contributed by atoms with Crippen molar-refractivity contribution in [2.24, 2.45) is 11.8 Å². The summed E-state index contributed by atoms with van der Waals surface area (Å²) >= 11 is 2.99. The summed E-state index contributed by atoms with van der Waals surface area (Å²) in [6, 6.07) is 3.95. The van der Waals surface area contributed by atoms with Gasteiger partial charge in [-0.3, -0.25) is 9.59 Å². The number of likely N-dealkylation sites (tertiary alicyclic amines) is 1. The second-order valence-electron chi connectivity index (χ2n) is 6.00. The SMILES string of the molecule is Cc1nc(-c2cccs2)sc1C(=O)N1CC(C)CC(C(=O)O)C1. The van der Waals surface area contributed by atoms with Crippen molar-refractivity contribution in [1.82, 2.24) is 9.88 Å². The smallest absolute Gasteiger partial charge is 0.308 e. The number of hydrogen-bond acceptors (Lipinski definition) is 5. The van der Waals surface area contributed by atoms with Crippen molar-refractivity contribution in [2.75, 3.05) is 13.1 Å². The molecule has 1 aliphatic rings. The fourth-order valence-electron chi connectivity index (χ4n) is 2.94. The van der Waals surface area contributed by atoms with Crippen molar-refractivity contribution in [1.29, 1.82) is 0 Å². The summed E-state index contributed by atoms with van der Waals surface area (Å²) in [6.45, 7) is 4.72.